The third-order valence-electron chi connectivity index (χ3n) is 2.25. The molecule has 0 aromatic carbocycles. The zero-order chi connectivity index (χ0) is 12.0. The Morgan fingerprint density at radius 1 is 1.44 bits per heavy atom. The molecule has 0 bridgehead atoms. The number of furan rings is 1. The smallest absolute Gasteiger partial charge is 0.120 e. The summed E-state index contributed by atoms with van der Waals surface area (Å²) in [6, 6.07) is 3.87. The van der Waals surface area contributed by atoms with Gasteiger partial charge in [0, 0.05) is 6.54 Å². The van der Waals surface area contributed by atoms with Crippen LogP contribution in [-0.2, 0) is 4.74 Å². The fraction of sp³-hybridized carbons (Fsp3) is 0.667. The lowest BCUT2D eigenvalue weighted by Crippen LogP contribution is -2.32. The molecule has 0 aliphatic heterocycles. The van der Waals surface area contributed by atoms with Crippen LogP contribution in [0.15, 0.2) is 22.8 Å². The molecular weight excluding hydrogens is 206 g/mol. The molecule has 0 amide bonds. The minimum Gasteiger partial charge on any atom is -0.468 e. The highest BCUT2D eigenvalue weighted by atomic mass is 16.5. The molecule has 1 aromatic heterocycles. The number of hydrogen-bond acceptors (Lipinski definition) is 4. The summed E-state index contributed by atoms with van der Waals surface area (Å²) in [6.45, 7) is 6.75. The average Bonchev–Trinajstić information content (AvgIpc) is 2.76. The Kier molecular flexibility index (Phi) is 5.52. The second kappa shape index (κ2) is 6.68. The minimum absolute atomic E-state index is 0.101. The molecule has 92 valence electrons. The fourth-order valence-electron chi connectivity index (χ4n) is 1.31. The first-order chi connectivity index (χ1) is 7.59. The quantitative estimate of drug-likeness (QED) is 0.744. The lowest BCUT2D eigenvalue weighted by Gasteiger charge is -2.16. The molecule has 2 unspecified atom stereocenters. The van der Waals surface area contributed by atoms with Gasteiger partial charge in [-0.05, 0) is 32.9 Å². The van der Waals surface area contributed by atoms with E-state index in [0.29, 0.717) is 13.2 Å². The first-order valence-electron chi connectivity index (χ1n) is 5.66. The van der Waals surface area contributed by atoms with E-state index in [4.69, 9.17) is 9.15 Å². The fourth-order valence-corrected chi connectivity index (χ4v) is 1.31. The van der Waals surface area contributed by atoms with E-state index >= 15 is 0 Å². The van der Waals surface area contributed by atoms with Crippen molar-refractivity contribution in [2.75, 3.05) is 13.2 Å². The highest BCUT2D eigenvalue weighted by molar-refractivity contribution is 5.02. The summed E-state index contributed by atoms with van der Waals surface area (Å²) >= 11 is 0. The summed E-state index contributed by atoms with van der Waals surface area (Å²) in [5, 5.41) is 12.8. The van der Waals surface area contributed by atoms with E-state index < -0.39 is 6.10 Å². The Balaban J connectivity index is 2.19. The van der Waals surface area contributed by atoms with Crippen molar-refractivity contribution in [1.29, 1.82) is 0 Å². The minimum atomic E-state index is -0.486. The monoisotopic (exact) mass is 227 g/mol. The molecule has 1 rings (SSSR count). The van der Waals surface area contributed by atoms with Crippen LogP contribution in [0, 0.1) is 0 Å². The molecule has 0 saturated heterocycles. The van der Waals surface area contributed by atoms with Gasteiger partial charge in [-0.1, -0.05) is 0 Å². The summed E-state index contributed by atoms with van der Waals surface area (Å²) in [4.78, 5) is 0. The van der Waals surface area contributed by atoms with E-state index in [-0.39, 0.29) is 12.1 Å². The molecule has 16 heavy (non-hydrogen) atoms. The molecular formula is C12H21NO3. The third kappa shape index (κ3) is 4.79. The predicted octanol–water partition coefficient (Wildman–Crippen LogP) is 1.72. The Bertz CT molecular complexity index is 272. The predicted molar refractivity (Wildman–Crippen MR) is 62.2 cm³/mol. The first kappa shape index (κ1) is 13.2. The van der Waals surface area contributed by atoms with Gasteiger partial charge in [0.05, 0.1) is 31.1 Å². The van der Waals surface area contributed by atoms with Crippen molar-refractivity contribution in [2.24, 2.45) is 0 Å². The van der Waals surface area contributed by atoms with Crippen molar-refractivity contribution in [3.8, 4) is 0 Å². The number of ether oxygens (including phenoxy) is 1. The summed E-state index contributed by atoms with van der Waals surface area (Å²) in [5.41, 5.74) is 0. The van der Waals surface area contributed by atoms with Crippen LogP contribution >= 0.6 is 0 Å². The van der Waals surface area contributed by atoms with Crippen molar-refractivity contribution >= 4 is 0 Å². The molecule has 1 aromatic rings. The Morgan fingerprint density at radius 2 is 2.19 bits per heavy atom. The molecule has 0 saturated carbocycles. The van der Waals surface area contributed by atoms with Gasteiger partial charge in [0.1, 0.15) is 5.76 Å². The van der Waals surface area contributed by atoms with Crippen molar-refractivity contribution < 1.29 is 14.3 Å². The van der Waals surface area contributed by atoms with E-state index in [1.165, 1.54) is 0 Å². The van der Waals surface area contributed by atoms with Gasteiger partial charge >= 0.3 is 0 Å². The molecule has 4 nitrogen and oxygen atoms in total. The summed E-state index contributed by atoms with van der Waals surface area (Å²) < 4.78 is 10.6. The molecule has 0 aliphatic carbocycles. The zero-order valence-electron chi connectivity index (χ0n) is 10.1. The Labute approximate surface area is 96.6 Å². The number of hydrogen-bond donors (Lipinski definition) is 2. The second-order valence-corrected chi connectivity index (χ2v) is 4.18. The van der Waals surface area contributed by atoms with Gasteiger partial charge in [0.15, 0.2) is 0 Å². The second-order valence-electron chi connectivity index (χ2n) is 4.18. The van der Waals surface area contributed by atoms with Crippen LogP contribution in [0.3, 0.4) is 0 Å². The summed E-state index contributed by atoms with van der Waals surface area (Å²) in [5.74, 6) is 0.872. The number of rotatable bonds is 7. The SMILES string of the molecule is CC(C)OCC(O)CNC(C)c1ccco1. The number of aliphatic hydroxyl groups excluding tert-OH is 1. The van der Waals surface area contributed by atoms with Gasteiger partial charge in [-0.3, -0.25) is 0 Å². The van der Waals surface area contributed by atoms with Crippen molar-refractivity contribution in [1.82, 2.24) is 5.32 Å². The molecule has 0 radical (unpaired) electrons. The number of aliphatic hydroxyl groups is 1. The molecule has 0 fully saturated rings. The van der Waals surface area contributed by atoms with Gasteiger partial charge in [0.2, 0.25) is 0 Å². The maximum absolute atomic E-state index is 9.63. The topological polar surface area (TPSA) is 54.6 Å². The molecule has 0 spiro atoms. The van der Waals surface area contributed by atoms with Gasteiger partial charge in [0.25, 0.3) is 0 Å². The lowest BCUT2D eigenvalue weighted by atomic mass is 10.2. The lowest BCUT2D eigenvalue weighted by molar-refractivity contribution is 0.00540. The largest absolute Gasteiger partial charge is 0.468 e. The summed E-state index contributed by atoms with van der Waals surface area (Å²) in [6.07, 6.45) is 1.31. The van der Waals surface area contributed by atoms with Gasteiger partial charge in [-0.15, -0.1) is 0 Å². The molecule has 4 heteroatoms. The normalized spacial score (nSPS) is 15.3. The van der Waals surface area contributed by atoms with E-state index in [9.17, 15) is 5.11 Å². The maximum atomic E-state index is 9.63. The van der Waals surface area contributed by atoms with Crippen LogP contribution < -0.4 is 5.32 Å². The number of nitrogens with one attached hydrogen (secondary N) is 1. The Morgan fingerprint density at radius 3 is 2.75 bits per heavy atom. The van der Waals surface area contributed by atoms with Crippen LogP contribution in [0.1, 0.15) is 32.6 Å². The molecule has 2 atom stereocenters. The van der Waals surface area contributed by atoms with Crippen LogP contribution in [0.4, 0.5) is 0 Å². The van der Waals surface area contributed by atoms with E-state index in [0.717, 1.165) is 5.76 Å². The first-order valence-corrected chi connectivity index (χ1v) is 5.66. The standard InChI is InChI=1S/C12H21NO3/c1-9(2)16-8-11(14)7-13-10(3)12-5-4-6-15-12/h4-6,9-11,13-14H,7-8H2,1-3H3. The van der Waals surface area contributed by atoms with Crippen molar-refractivity contribution in [3.05, 3.63) is 24.2 Å². The van der Waals surface area contributed by atoms with Crippen molar-refractivity contribution in [2.45, 2.75) is 39.0 Å². The molecule has 0 aliphatic rings. The van der Waals surface area contributed by atoms with Crippen LogP contribution in [0.5, 0.6) is 0 Å². The van der Waals surface area contributed by atoms with E-state index in [1.807, 2.05) is 32.9 Å². The van der Waals surface area contributed by atoms with Crippen LogP contribution in [0.25, 0.3) is 0 Å². The summed E-state index contributed by atoms with van der Waals surface area (Å²) in [7, 11) is 0. The highest BCUT2D eigenvalue weighted by Crippen LogP contribution is 2.11. The average molecular weight is 227 g/mol. The maximum Gasteiger partial charge on any atom is 0.120 e. The Hall–Kier alpha value is -0.840. The highest BCUT2D eigenvalue weighted by Gasteiger charge is 2.11. The van der Waals surface area contributed by atoms with Crippen molar-refractivity contribution in [3.63, 3.8) is 0 Å². The van der Waals surface area contributed by atoms with Gasteiger partial charge in [-0.25, -0.2) is 0 Å². The van der Waals surface area contributed by atoms with Gasteiger partial charge < -0.3 is 19.6 Å². The molecule has 1 heterocycles. The molecule has 2 N–H and O–H groups in total. The zero-order valence-corrected chi connectivity index (χ0v) is 10.1. The third-order valence-corrected chi connectivity index (χ3v) is 2.25. The van der Waals surface area contributed by atoms with Crippen LogP contribution in [0.2, 0.25) is 0 Å². The van der Waals surface area contributed by atoms with E-state index in [1.54, 1.807) is 6.26 Å². The van der Waals surface area contributed by atoms with Crippen LogP contribution in [-0.4, -0.2) is 30.5 Å². The van der Waals surface area contributed by atoms with Gasteiger partial charge in [-0.2, -0.15) is 0 Å². The van der Waals surface area contributed by atoms with E-state index in [2.05, 4.69) is 5.32 Å².